The summed E-state index contributed by atoms with van der Waals surface area (Å²) in [5.74, 6) is -1.00. The summed E-state index contributed by atoms with van der Waals surface area (Å²) in [7, 11) is 1.30. The summed E-state index contributed by atoms with van der Waals surface area (Å²) < 4.78 is 9.96. The standard InChI is InChI=1S/C22H21ClN2O5/c1-4-30-21(27)18-13(2)25(17-11-9-16(23)10-12-17)22(28)24-19(18)14-5-7-15(8-6-14)20(26)29-3/h5-12,19H,4H2,1-3H3,(H,24,28)/t19-/m1/s1. The molecule has 2 aromatic rings. The number of carbonyl (C=O) groups excluding carboxylic acids is 3. The Morgan fingerprint density at radius 1 is 1.07 bits per heavy atom. The number of hydrogen-bond donors (Lipinski definition) is 1. The Hall–Kier alpha value is -3.32. The molecule has 7 nitrogen and oxygen atoms in total. The number of benzene rings is 2. The Labute approximate surface area is 179 Å². The van der Waals surface area contributed by atoms with Crippen LogP contribution in [0.4, 0.5) is 10.5 Å². The van der Waals surface area contributed by atoms with Gasteiger partial charge in [0.15, 0.2) is 0 Å². The van der Waals surface area contributed by atoms with E-state index < -0.39 is 24.0 Å². The molecular formula is C22H21ClN2O5. The minimum atomic E-state index is -0.730. The molecule has 1 atom stereocenters. The smallest absolute Gasteiger partial charge is 0.338 e. The topological polar surface area (TPSA) is 84.9 Å². The number of carbonyl (C=O) groups is 3. The molecule has 0 unspecified atom stereocenters. The highest BCUT2D eigenvalue weighted by molar-refractivity contribution is 6.30. The summed E-state index contributed by atoms with van der Waals surface area (Å²) in [6.07, 6.45) is 0. The van der Waals surface area contributed by atoms with Gasteiger partial charge in [-0.15, -0.1) is 0 Å². The molecule has 0 radical (unpaired) electrons. The summed E-state index contributed by atoms with van der Waals surface area (Å²) in [5, 5.41) is 3.39. The van der Waals surface area contributed by atoms with Gasteiger partial charge in [0.2, 0.25) is 0 Å². The number of anilines is 1. The van der Waals surface area contributed by atoms with Gasteiger partial charge < -0.3 is 14.8 Å². The summed E-state index contributed by atoms with van der Waals surface area (Å²) >= 11 is 5.95. The third kappa shape index (κ3) is 4.16. The first-order valence-corrected chi connectivity index (χ1v) is 9.67. The van der Waals surface area contributed by atoms with Crippen molar-refractivity contribution in [3.63, 3.8) is 0 Å². The monoisotopic (exact) mass is 428 g/mol. The highest BCUT2D eigenvalue weighted by Crippen LogP contribution is 2.34. The normalized spacial score (nSPS) is 16.2. The number of methoxy groups -OCH3 is 1. The predicted octanol–water partition coefficient (Wildman–Crippen LogP) is 4.23. The zero-order valence-corrected chi connectivity index (χ0v) is 17.5. The van der Waals surface area contributed by atoms with Crippen LogP contribution >= 0.6 is 11.6 Å². The molecule has 1 aliphatic rings. The number of amides is 2. The molecule has 0 bridgehead atoms. The minimum absolute atomic E-state index is 0.193. The van der Waals surface area contributed by atoms with E-state index in [1.54, 1.807) is 62.4 Å². The lowest BCUT2D eigenvalue weighted by Gasteiger charge is -2.35. The maximum atomic E-state index is 12.9. The second-order valence-corrected chi connectivity index (χ2v) is 6.96. The lowest BCUT2D eigenvalue weighted by molar-refractivity contribution is -0.139. The fourth-order valence-corrected chi connectivity index (χ4v) is 3.42. The Morgan fingerprint density at radius 2 is 1.70 bits per heavy atom. The van der Waals surface area contributed by atoms with E-state index in [1.165, 1.54) is 12.0 Å². The van der Waals surface area contributed by atoms with Gasteiger partial charge in [-0.2, -0.15) is 0 Å². The van der Waals surface area contributed by atoms with E-state index in [4.69, 9.17) is 21.1 Å². The molecule has 1 aliphatic heterocycles. The third-order valence-electron chi connectivity index (χ3n) is 4.73. The average Bonchev–Trinajstić information content (AvgIpc) is 2.74. The second-order valence-electron chi connectivity index (χ2n) is 6.53. The molecule has 2 amide bonds. The lowest BCUT2D eigenvalue weighted by atomic mass is 9.94. The van der Waals surface area contributed by atoms with Crippen LogP contribution in [-0.4, -0.2) is 31.7 Å². The van der Waals surface area contributed by atoms with E-state index in [2.05, 4.69) is 5.32 Å². The maximum absolute atomic E-state index is 12.9. The van der Waals surface area contributed by atoms with Crippen molar-refractivity contribution in [1.29, 1.82) is 0 Å². The van der Waals surface area contributed by atoms with Gasteiger partial charge >= 0.3 is 18.0 Å². The summed E-state index contributed by atoms with van der Waals surface area (Å²) in [6.45, 7) is 3.60. The third-order valence-corrected chi connectivity index (χ3v) is 4.98. The molecule has 8 heteroatoms. The van der Waals surface area contributed by atoms with Crippen LogP contribution in [0, 0.1) is 0 Å². The molecular weight excluding hydrogens is 408 g/mol. The molecule has 30 heavy (non-hydrogen) atoms. The van der Waals surface area contributed by atoms with Crippen LogP contribution < -0.4 is 10.2 Å². The Kier molecular flexibility index (Phi) is 6.42. The van der Waals surface area contributed by atoms with Crippen molar-refractivity contribution >= 4 is 35.3 Å². The first-order valence-electron chi connectivity index (χ1n) is 9.29. The van der Waals surface area contributed by atoms with Crippen molar-refractivity contribution in [2.45, 2.75) is 19.9 Å². The number of urea groups is 1. The van der Waals surface area contributed by atoms with E-state index in [1.807, 2.05) is 0 Å². The van der Waals surface area contributed by atoms with E-state index in [0.717, 1.165) is 0 Å². The first-order chi connectivity index (χ1) is 14.4. The van der Waals surface area contributed by atoms with Crippen molar-refractivity contribution in [2.75, 3.05) is 18.6 Å². The fraction of sp³-hybridized carbons (Fsp3) is 0.227. The molecule has 0 saturated heterocycles. The van der Waals surface area contributed by atoms with Gasteiger partial charge in [0, 0.05) is 10.7 Å². The number of halogens is 1. The molecule has 156 valence electrons. The number of ether oxygens (including phenoxy) is 2. The summed E-state index contributed by atoms with van der Waals surface area (Å²) in [6, 6.07) is 12.1. The van der Waals surface area contributed by atoms with Crippen LogP contribution in [0.15, 0.2) is 59.8 Å². The van der Waals surface area contributed by atoms with Gasteiger partial charge in [0.05, 0.1) is 36.6 Å². The van der Waals surface area contributed by atoms with E-state index >= 15 is 0 Å². The van der Waals surface area contributed by atoms with Crippen LogP contribution in [0.2, 0.25) is 5.02 Å². The Morgan fingerprint density at radius 3 is 2.27 bits per heavy atom. The first kappa shape index (κ1) is 21.4. The molecule has 0 fully saturated rings. The summed E-state index contributed by atoms with van der Waals surface area (Å²) in [5.41, 5.74) is 2.31. The Bertz CT molecular complexity index is 999. The van der Waals surface area contributed by atoms with Crippen molar-refractivity contribution in [1.82, 2.24) is 5.32 Å². The van der Waals surface area contributed by atoms with Crippen LogP contribution in [0.25, 0.3) is 0 Å². The lowest BCUT2D eigenvalue weighted by Crippen LogP contribution is -2.48. The molecule has 0 spiro atoms. The Balaban J connectivity index is 2.07. The van der Waals surface area contributed by atoms with E-state index in [9.17, 15) is 14.4 Å². The van der Waals surface area contributed by atoms with Gasteiger partial charge in [-0.25, -0.2) is 14.4 Å². The zero-order chi connectivity index (χ0) is 21.8. The fourth-order valence-electron chi connectivity index (χ4n) is 3.30. The average molecular weight is 429 g/mol. The van der Waals surface area contributed by atoms with Crippen molar-refractivity contribution in [2.24, 2.45) is 0 Å². The van der Waals surface area contributed by atoms with Gasteiger partial charge in [0.25, 0.3) is 0 Å². The molecule has 1 N–H and O–H groups in total. The van der Waals surface area contributed by atoms with Crippen LogP contribution in [0.5, 0.6) is 0 Å². The number of allylic oxidation sites excluding steroid dienone is 1. The molecule has 0 saturated carbocycles. The van der Waals surface area contributed by atoms with Gasteiger partial charge in [0.1, 0.15) is 0 Å². The number of esters is 2. The minimum Gasteiger partial charge on any atom is -0.465 e. The van der Waals surface area contributed by atoms with Crippen molar-refractivity contribution in [3.8, 4) is 0 Å². The molecule has 0 aromatic heterocycles. The highest BCUT2D eigenvalue weighted by atomic mass is 35.5. The predicted molar refractivity (Wildman–Crippen MR) is 112 cm³/mol. The second kappa shape index (κ2) is 9.00. The highest BCUT2D eigenvalue weighted by Gasteiger charge is 2.37. The number of nitrogens with one attached hydrogen (secondary N) is 1. The number of nitrogens with zero attached hydrogens (tertiary/aromatic N) is 1. The van der Waals surface area contributed by atoms with Crippen molar-refractivity contribution in [3.05, 3.63) is 76.0 Å². The van der Waals surface area contributed by atoms with E-state index in [-0.39, 0.29) is 6.61 Å². The van der Waals surface area contributed by atoms with Gasteiger partial charge in [-0.05, 0) is 55.8 Å². The zero-order valence-electron chi connectivity index (χ0n) is 16.8. The largest absolute Gasteiger partial charge is 0.465 e. The molecule has 1 heterocycles. The SMILES string of the molecule is CCOC(=O)C1=C(C)N(c2ccc(Cl)cc2)C(=O)N[C@@H]1c1ccc(C(=O)OC)cc1. The van der Waals surface area contributed by atoms with E-state index in [0.29, 0.717) is 33.1 Å². The quantitative estimate of drug-likeness (QED) is 0.720. The number of rotatable bonds is 5. The van der Waals surface area contributed by atoms with Gasteiger partial charge in [-0.3, -0.25) is 4.90 Å². The summed E-state index contributed by atoms with van der Waals surface area (Å²) in [4.78, 5) is 38.8. The number of hydrogen-bond acceptors (Lipinski definition) is 5. The molecule has 3 rings (SSSR count). The maximum Gasteiger partial charge on any atom is 0.338 e. The van der Waals surface area contributed by atoms with Crippen molar-refractivity contribution < 1.29 is 23.9 Å². The van der Waals surface area contributed by atoms with Crippen LogP contribution in [0.3, 0.4) is 0 Å². The van der Waals surface area contributed by atoms with Gasteiger partial charge in [-0.1, -0.05) is 23.7 Å². The molecule has 0 aliphatic carbocycles. The van der Waals surface area contributed by atoms with Crippen LogP contribution in [-0.2, 0) is 14.3 Å². The van der Waals surface area contributed by atoms with Crippen LogP contribution in [0.1, 0.15) is 35.8 Å². The molecule has 2 aromatic carbocycles.